The molecule has 1 aromatic carbocycles. The fourth-order valence-corrected chi connectivity index (χ4v) is 1.50. The van der Waals surface area contributed by atoms with E-state index in [-0.39, 0.29) is 32.4 Å². The molecule has 0 spiro atoms. The van der Waals surface area contributed by atoms with Gasteiger partial charge >= 0.3 is 17.9 Å². The molecule has 7 nitrogen and oxygen atoms in total. The third kappa shape index (κ3) is 18.6. The van der Waals surface area contributed by atoms with Crippen molar-refractivity contribution in [2.45, 2.75) is 20.8 Å². The molecule has 1 rings (SSSR count). The van der Waals surface area contributed by atoms with Crippen molar-refractivity contribution in [3.8, 4) is 0 Å². The molecule has 0 saturated carbocycles. The summed E-state index contributed by atoms with van der Waals surface area (Å²) in [4.78, 5) is 32.1. The molecule has 0 N–H and O–H groups in total. The largest absolute Gasteiger partial charge is 0.466 e. The zero-order chi connectivity index (χ0) is 24.9. The first-order chi connectivity index (χ1) is 15.1. The lowest BCUT2D eigenvalue weighted by Crippen LogP contribution is -2.14. The highest BCUT2D eigenvalue weighted by Crippen LogP contribution is 1.97. The van der Waals surface area contributed by atoms with Gasteiger partial charge in [-0.2, -0.15) is 0 Å². The number of carbonyl (C=O) groups excluding carboxylic acids is 3. The highest BCUT2D eigenvalue weighted by molar-refractivity contribution is 5.87. The summed E-state index contributed by atoms with van der Waals surface area (Å²) >= 11 is 0. The van der Waals surface area contributed by atoms with E-state index in [1.165, 1.54) is 12.7 Å². The number of carbonyl (C=O) groups is 3. The molecule has 0 heterocycles. The maximum Gasteiger partial charge on any atom is 0.333 e. The summed E-state index contributed by atoms with van der Waals surface area (Å²) in [6.45, 7) is 19.4. The number of hydrogen-bond donors (Lipinski definition) is 0. The minimum Gasteiger partial charge on any atom is -0.466 e. The molecular weight excluding hydrogens is 412 g/mol. The Bertz CT molecular complexity index is 734. The molecule has 1 aromatic rings. The van der Waals surface area contributed by atoms with Crippen molar-refractivity contribution in [3.63, 3.8) is 0 Å². The van der Waals surface area contributed by atoms with Crippen molar-refractivity contribution in [1.29, 1.82) is 0 Å². The third-order valence-electron chi connectivity index (χ3n) is 3.19. The molecule has 32 heavy (non-hydrogen) atoms. The molecule has 0 aliphatic heterocycles. The van der Waals surface area contributed by atoms with Crippen LogP contribution < -0.4 is 0 Å². The van der Waals surface area contributed by atoms with Crippen molar-refractivity contribution >= 4 is 24.0 Å². The van der Waals surface area contributed by atoms with Crippen LogP contribution in [0.2, 0.25) is 0 Å². The summed E-state index contributed by atoms with van der Waals surface area (Å²) in [5.74, 6) is -1.23. The van der Waals surface area contributed by atoms with Gasteiger partial charge in [0.05, 0.1) is 20.3 Å². The Kier molecular flexibility index (Phi) is 18.7. The quantitative estimate of drug-likeness (QED) is 0.229. The van der Waals surface area contributed by atoms with Gasteiger partial charge < -0.3 is 18.9 Å². The second-order valence-corrected chi connectivity index (χ2v) is 6.33. The van der Waals surface area contributed by atoms with Gasteiger partial charge in [-0.3, -0.25) is 0 Å². The monoisotopic (exact) mass is 446 g/mol. The maximum atomic E-state index is 10.9. The number of methoxy groups -OCH3 is 1. The molecule has 0 radical (unpaired) electrons. The Morgan fingerprint density at radius 2 is 1.16 bits per heavy atom. The zero-order valence-electron chi connectivity index (χ0n) is 19.5. The Morgan fingerprint density at radius 1 is 0.750 bits per heavy atom. The van der Waals surface area contributed by atoms with Crippen LogP contribution in [-0.2, 0) is 33.3 Å². The minimum atomic E-state index is -0.442. The lowest BCUT2D eigenvalue weighted by molar-refractivity contribution is -0.142. The first-order valence-corrected chi connectivity index (χ1v) is 9.71. The van der Waals surface area contributed by atoms with E-state index in [0.29, 0.717) is 16.7 Å². The van der Waals surface area contributed by atoms with Crippen molar-refractivity contribution in [2.24, 2.45) is 0 Å². The Morgan fingerprint density at radius 3 is 1.41 bits per heavy atom. The molecule has 0 atom stereocenters. The van der Waals surface area contributed by atoms with E-state index < -0.39 is 11.9 Å². The SMILES string of the molecule is C=C(C)C(=O)OC.C=C(C)C(=O)OCCOCCOC(=O)C(=C)C.C=Cc1ccccc1. The van der Waals surface area contributed by atoms with E-state index >= 15 is 0 Å². The molecule has 0 aromatic heterocycles. The summed E-state index contributed by atoms with van der Waals surface area (Å²) in [7, 11) is 1.33. The van der Waals surface area contributed by atoms with Gasteiger partial charge in [0.2, 0.25) is 0 Å². The summed E-state index contributed by atoms with van der Waals surface area (Å²) in [6.07, 6.45) is 1.83. The second kappa shape index (κ2) is 19.5. The van der Waals surface area contributed by atoms with Crippen LogP contribution in [0, 0.1) is 0 Å². The average molecular weight is 447 g/mol. The summed E-state index contributed by atoms with van der Waals surface area (Å²) in [5.41, 5.74) is 2.30. The van der Waals surface area contributed by atoms with Crippen LogP contribution in [0.5, 0.6) is 0 Å². The number of ether oxygens (including phenoxy) is 4. The highest BCUT2D eigenvalue weighted by atomic mass is 16.6. The van der Waals surface area contributed by atoms with Gasteiger partial charge in [0.25, 0.3) is 0 Å². The Hall–Kier alpha value is -3.45. The predicted octanol–water partition coefficient (Wildman–Crippen LogP) is 4.31. The normalized spacial score (nSPS) is 8.88. The molecule has 0 amide bonds. The third-order valence-corrected chi connectivity index (χ3v) is 3.19. The second-order valence-electron chi connectivity index (χ2n) is 6.33. The van der Waals surface area contributed by atoms with E-state index in [4.69, 9.17) is 14.2 Å². The van der Waals surface area contributed by atoms with Crippen molar-refractivity contribution in [2.75, 3.05) is 33.5 Å². The number of benzene rings is 1. The smallest absolute Gasteiger partial charge is 0.333 e. The zero-order valence-corrected chi connectivity index (χ0v) is 19.5. The molecule has 0 bridgehead atoms. The van der Waals surface area contributed by atoms with Crippen molar-refractivity contribution in [1.82, 2.24) is 0 Å². The Labute approximate surface area is 191 Å². The Balaban J connectivity index is 0. The van der Waals surface area contributed by atoms with Gasteiger partial charge in [-0.15, -0.1) is 0 Å². The predicted molar refractivity (Wildman–Crippen MR) is 126 cm³/mol. The van der Waals surface area contributed by atoms with Crippen LogP contribution in [0.1, 0.15) is 26.3 Å². The lowest BCUT2D eigenvalue weighted by atomic mass is 10.2. The summed E-state index contributed by atoms with van der Waals surface area (Å²) < 4.78 is 18.9. The number of hydrogen-bond acceptors (Lipinski definition) is 7. The first-order valence-electron chi connectivity index (χ1n) is 9.71. The maximum absolute atomic E-state index is 10.9. The van der Waals surface area contributed by atoms with Crippen molar-refractivity contribution < 1.29 is 33.3 Å². The summed E-state index contributed by atoms with van der Waals surface area (Å²) in [5, 5.41) is 0. The average Bonchev–Trinajstić information content (AvgIpc) is 2.78. The number of esters is 3. The highest BCUT2D eigenvalue weighted by Gasteiger charge is 2.03. The molecular formula is C25H34O7. The molecule has 176 valence electrons. The van der Waals surface area contributed by atoms with Crippen LogP contribution in [0.4, 0.5) is 0 Å². The lowest BCUT2D eigenvalue weighted by Gasteiger charge is -2.06. The molecule has 7 heteroatoms. The van der Waals surface area contributed by atoms with E-state index in [0.717, 1.165) is 0 Å². The van der Waals surface area contributed by atoms with Crippen LogP contribution in [-0.4, -0.2) is 51.4 Å². The number of rotatable bonds is 10. The van der Waals surface area contributed by atoms with Crippen LogP contribution >= 0.6 is 0 Å². The first kappa shape index (κ1) is 30.7. The van der Waals surface area contributed by atoms with Gasteiger partial charge in [-0.05, 0) is 26.3 Å². The van der Waals surface area contributed by atoms with Crippen LogP contribution in [0.25, 0.3) is 6.08 Å². The van der Waals surface area contributed by atoms with Crippen molar-refractivity contribution in [3.05, 3.63) is 78.9 Å². The van der Waals surface area contributed by atoms with E-state index in [9.17, 15) is 14.4 Å². The van der Waals surface area contributed by atoms with Gasteiger partial charge in [0.15, 0.2) is 0 Å². The molecule has 0 fully saturated rings. The summed E-state index contributed by atoms with van der Waals surface area (Å²) in [6, 6.07) is 10.0. The van der Waals surface area contributed by atoms with E-state index in [1.54, 1.807) is 20.8 Å². The van der Waals surface area contributed by atoms with Gasteiger partial charge in [-0.25, -0.2) is 14.4 Å². The standard InChI is InChI=1S/C12H18O5.C8H8.C5H8O2/c1-9(2)11(13)16-7-5-15-6-8-17-12(14)10(3)4;1-2-8-6-4-3-5-7-8;1-4(2)5(6)7-3/h1,3,5-8H2,2,4H3;2-7H,1H2;1H2,2-3H3. The molecule has 0 unspecified atom stereocenters. The van der Waals surface area contributed by atoms with Gasteiger partial charge in [0, 0.05) is 16.7 Å². The fraction of sp³-hybridized carbons (Fsp3) is 0.320. The van der Waals surface area contributed by atoms with Crippen LogP contribution in [0.15, 0.2) is 73.4 Å². The molecule has 0 aliphatic rings. The van der Waals surface area contributed by atoms with Crippen LogP contribution in [0.3, 0.4) is 0 Å². The molecule has 0 aliphatic carbocycles. The van der Waals surface area contributed by atoms with Gasteiger partial charge in [0.1, 0.15) is 13.2 Å². The topological polar surface area (TPSA) is 88.1 Å². The fourth-order valence-electron chi connectivity index (χ4n) is 1.50. The minimum absolute atomic E-state index is 0.153. The molecule has 0 saturated heterocycles. The van der Waals surface area contributed by atoms with E-state index in [1.807, 2.05) is 36.4 Å². The van der Waals surface area contributed by atoms with Gasteiger partial charge in [-0.1, -0.05) is 62.7 Å². The van der Waals surface area contributed by atoms with E-state index in [2.05, 4.69) is 31.1 Å².